The second kappa shape index (κ2) is 9.34. The Bertz CT molecular complexity index is 973. The number of carbonyl (C=O) groups is 1. The Morgan fingerprint density at radius 2 is 2.07 bits per heavy atom. The summed E-state index contributed by atoms with van der Waals surface area (Å²) in [6.07, 6.45) is 3.10. The number of aromatic nitrogens is 2. The molecule has 1 amide bonds. The molecule has 2 aromatic carbocycles. The normalized spacial score (nSPS) is 10.8. The van der Waals surface area contributed by atoms with Crippen molar-refractivity contribution in [3.05, 3.63) is 58.4 Å². The van der Waals surface area contributed by atoms with Crippen LogP contribution in [0.25, 0.3) is 17.3 Å². The Morgan fingerprint density at radius 1 is 1.29 bits per heavy atom. The highest BCUT2D eigenvalue weighted by Gasteiger charge is 2.10. The van der Waals surface area contributed by atoms with Crippen LogP contribution in [0.1, 0.15) is 12.5 Å². The number of rotatable bonds is 7. The number of carbonyl (C=O) groups excluding carboxylic acids is 1. The van der Waals surface area contributed by atoms with Crippen molar-refractivity contribution in [2.24, 2.45) is 0 Å². The molecule has 144 valence electrons. The molecule has 1 aromatic heterocycles. The average Bonchev–Trinajstić information content (AvgIpc) is 3.22. The van der Waals surface area contributed by atoms with Crippen LogP contribution in [0.3, 0.4) is 0 Å². The molecule has 0 aliphatic heterocycles. The molecule has 0 atom stereocenters. The van der Waals surface area contributed by atoms with Gasteiger partial charge >= 0.3 is 0 Å². The van der Waals surface area contributed by atoms with Crippen molar-refractivity contribution in [1.82, 2.24) is 9.59 Å². The number of methoxy groups -OCH3 is 1. The standard InChI is InChI=1S/C20H18ClN3O3S/c1-3-27-18-11-13(10-16(21)20(18)26-2)4-9-19(25)22-15-7-5-14(6-8-15)17-12-28-24-23-17/h4-12H,3H2,1-2H3,(H,22,25)/b9-4+. The molecule has 0 saturated carbocycles. The van der Waals surface area contributed by atoms with E-state index in [1.165, 1.54) is 24.7 Å². The SMILES string of the molecule is CCOc1cc(/C=C/C(=O)Nc2ccc(-c3csnn3)cc2)cc(Cl)c1OC. The van der Waals surface area contributed by atoms with Crippen LogP contribution in [-0.4, -0.2) is 29.2 Å². The van der Waals surface area contributed by atoms with E-state index in [1.807, 2.05) is 36.6 Å². The lowest BCUT2D eigenvalue weighted by atomic mass is 10.1. The molecular formula is C20H18ClN3O3S. The molecule has 0 saturated heterocycles. The summed E-state index contributed by atoms with van der Waals surface area (Å²) in [5, 5.41) is 9.12. The quantitative estimate of drug-likeness (QED) is 0.554. The lowest BCUT2D eigenvalue weighted by Gasteiger charge is -2.11. The number of amides is 1. The fourth-order valence-electron chi connectivity index (χ4n) is 2.52. The summed E-state index contributed by atoms with van der Waals surface area (Å²) >= 11 is 7.52. The molecule has 0 aliphatic rings. The summed E-state index contributed by atoms with van der Waals surface area (Å²) in [6.45, 7) is 2.35. The van der Waals surface area contributed by atoms with Crippen LogP contribution in [0.4, 0.5) is 5.69 Å². The average molecular weight is 416 g/mol. The van der Waals surface area contributed by atoms with Gasteiger partial charge in [-0.2, -0.15) is 0 Å². The maximum absolute atomic E-state index is 12.2. The Kier molecular flexibility index (Phi) is 6.62. The van der Waals surface area contributed by atoms with Gasteiger partial charge in [0.15, 0.2) is 11.5 Å². The number of ether oxygens (including phenoxy) is 2. The summed E-state index contributed by atoms with van der Waals surface area (Å²) in [5.41, 5.74) is 3.17. The topological polar surface area (TPSA) is 73.3 Å². The molecule has 0 bridgehead atoms. The van der Waals surface area contributed by atoms with E-state index in [0.29, 0.717) is 28.8 Å². The second-order valence-corrected chi connectivity index (χ2v) is 6.67. The van der Waals surface area contributed by atoms with E-state index in [-0.39, 0.29) is 5.91 Å². The lowest BCUT2D eigenvalue weighted by Crippen LogP contribution is -2.07. The number of halogens is 1. The highest BCUT2D eigenvalue weighted by molar-refractivity contribution is 7.03. The van der Waals surface area contributed by atoms with E-state index in [9.17, 15) is 4.79 Å². The fraction of sp³-hybridized carbons (Fsp3) is 0.150. The molecule has 0 aliphatic carbocycles. The third-order valence-electron chi connectivity index (χ3n) is 3.77. The summed E-state index contributed by atoms with van der Waals surface area (Å²) < 4.78 is 14.6. The molecule has 0 fully saturated rings. The molecule has 0 radical (unpaired) electrons. The second-order valence-electron chi connectivity index (χ2n) is 5.66. The van der Waals surface area contributed by atoms with Crippen LogP contribution in [0.2, 0.25) is 5.02 Å². The zero-order valence-corrected chi connectivity index (χ0v) is 16.9. The molecule has 1 N–H and O–H groups in total. The van der Waals surface area contributed by atoms with Gasteiger partial charge in [0.25, 0.3) is 0 Å². The zero-order chi connectivity index (χ0) is 19.9. The summed E-state index contributed by atoms with van der Waals surface area (Å²) in [5.74, 6) is 0.748. The molecule has 3 aromatic rings. The monoisotopic (exact) mass is 415 g/mol. The number of nitrogens with zero attached hydrogens (tertiary/aromatic N) is 2. The third-order valence-corrected chi connectivity index (χ3v) is 4.56. The molecule has 6 nitrogen and oxygen atoms in total. The number of anilines is 1. The first-order valence-corrected chi connectivity index (χ1v) is 9.69. The third kappa shape index (κ3) is 4.88. The van der Waals surface area contributed by atoms with Gasteiger partial charge in [-0.25, -0.2) is 0 Å². The van der Waals surface area contributed by atoms with Gasteiger partial charge in [0, 0.05) is 22.7 Å². The highest BCUT2D eigenvalue weighted by atomic mass is 35.5. The van der Waals surface area contributed by atoms with Crippen LogP contribution in [0, 0.1) is 0 Å². The minimum absolute atomic E-state index is 0.257. The van der Waals surface area contributed by atoms with E-state index in [2.05, 4.69) is 14.9 Å². The Labute approximate surface area is 171 Å². The van der Waals surface area contributed by atoms with E-state index in [1.54, 1.807) is 18.2 Å². The van der Waals surface area contributed by atoms with E-state index in [4.69, 9.17) is 21.1 Å². The first kappa shape index (κ1) is 19.9. The predicted molar refractivity (Wildman–Crippen MR) is 112 cm³/mol. The van der Waals surface area contributed by atoms with Gasteiger partial charge in [-0.05, 0) is 54.4 Å². The van der Waals surface area contributed by atoms with Gasteiger partial charge in [0.05, 0.1) is 18.7 Å². The van der Waals surface area contributed by atoms with Gasteiger partial charge in [0.2, 0.25) is 5.91 Å². The largest absolute Gasteiger partial charge is 0.491 e. The van der Waals surface area contributed by atoms with E-state index >= 15 is 0 Å². The molecular weight excluding hydrogens is 398 g/mol. The first-order chi connectivity index (χ1) is 13.6. The number of hydrogen-bond donors (Lipinski definition) is 1. The van der Waals surface area contributed by atoms with E-state index in [0.717, 1.165) is 16.8 Å². The maximum atomic E-state index is 12.2. The molecule has 0 unspecified atom stereocenters. The minimum Gasteiger partial charge on any atom is -0.491 e. The predicted octanol–water partition coefficient (Wildman–Crippen LogP) is 4.92. The van der Waals surface area contributed by atoms with Gasteiger partial charge < -0.3 is 14.8 Å². The van der Waals surface area contributed by atoms with Gasteiger partial charge in [-0.1, -0.05) is 28.2 Å². The van der Waals surface area contributed by atoms with Crippen molar-refractivity contribution in [2.75, 3.05) is 19.0 Å². The fourth-order valence-corrected chi connectivity index (χ4v) is 3.28. The highest BCUT2D eigenvalue weighted by Crippen LogP contribution is 2.36. The van der Waals surface area contributed by atoms with Crippen molar-refractivity contribution in [2.45, 2.75) is 6.92 Å². The van der Waals surface area contributed by atoms with Crippen molar-refractivity contribution in [3.8, 4) is 22.8 Å². The van der Waals surface area contributed by atoms with Crippen molar-refractivity contribution in [3.63, 3.8) is 0 Å². The molecule has 8 heteroatoms. The minimum atomic E-state index is -0.257. The molecule has 0 spiro atoms. The van der Waals surface area contributed by atoms with Crippen LogP contribution in [0.5, 0.6) is 11.5 Å². The smallest absolute Gasteiger partial charge is 0.248 e. The number of hydrogen-bond acceptors (Lipinski definition) is 6. The molecule has 3 rings (SSSR count). The zero-order valence-electron chi connectivity index (χ0n) is 15.3. The number of benzene rings is 2. The Hall–Kier alpha value is -2.90. The van der Waals surface area contributed by atoms with Crippen molar-refractivity contribution >= 4 is 40.8 Å². The van der Waals surface area contributed by atoms with Crippen LogP contribution in [-0.2, 0) is 4.79 Å². The number of nitrogens with one attached hydrogen (secondary N) is 1. The summed E-state index contributed by atoms with van der Waals surface area (Å²) in [7, 11) is 1.53. The van der Waals surface area contributed by atoms with E-state index < -0.39 is 0 Å². The lowest BCUT2D eigenvalue weighted by molar-refractivity contribution is -0.111. The molecule has 28 heavy (non-hydrogen) atoms. The first-order valence-electron chi connectivity index (χ1n) is 8.47. The summed E-state index contributed by atoms with van der Waals surface area (Å²) in [6, 6.07) is 10.9. The van der Waals surface area contributed by atoms with Crippen molar-refractivity contribution in [1.29, 1.82) is 0 Å². The van der Waals surface area contributed by atoms with Crippen LogP contribution in [0.15, 0.2) is 47.9 Å². The van der Waals surface area contributed by atoms with Gasteiger partial charge in [0.1, 0.15) is 5.69 Å². The van der Waals surface area contributed by atoms with Crippen LogP contribution >= 0.6 is 23.1 Å². The van der Waals surface area contributed by atoms with Gasteiger partial charge in [-0.3, -0.25) is 4.79 Å². The van der Waals surface area contributed by atoms with Crippen LogP contribution < -0.4 is 14.8 Å². The maximum Gasteiger partial charge on any atom is 0.248 e. The molecule has 1 heterocycles. The van der Waals surface area contributed by atoms with Gasteiger partial charge in [-0.15, -0.1) is 5.10 Å². The Morgan fingerprint density at radius 3 is 2.71 bits per heavy atom. The summed E-state index contributed by atoms with van der Waals surface area (Å²) in [4.78, 5) is 12.2. The van der Waals surface area contributed by atoms with Crippen molar-refractivity contribution < 1.29 is 14.3 Å². The Balaban J connectivity index is 1.68.